The van der Waals surface area contributed by atoms with E-state index in [0.717, 1.165) is 12.0 Å². The molecule has 0 aliphatic carbocycles. The maximum absolute atomic E-state index is 6.12. The largest absolute Gasteiger partial charge is 0.493 e. The molecular weight excluding hydrogens is 295 g/mol. The highest BCUT2D eigenvalue weighted by atomic mass is 35.5. The van der Waals surface area contributed by atoms with E-state index in [1.807, 2.05) is 30.3 Å². The van der Waals surface area contributed by atoms with E-state index in [1.54, 1.807) is 13.2 Å². The molecule has 4 heteroatoms. The zero-order chi connectivity index (χ0) is 14.5. The Morgan fingerprint density at radius 2 is 1.85 bits per heavy atom. The second kappa shape index (κ2) is 6.87. The molecule has 0 bridgehead atoms. The molecule has 0 saturated carbocycles. The number of ether oxygens (including phenoxy) is 2. The van der Waals surface area contributed by atoms with Crippen LogP contribution in [-0.2, 0) is 12.3 Å². The van der Waals surface area contributed by atoms with Crippen LogP contribution in [0.15, 0.2) is 36.4 Å². The Hall–Kier alpha value is -1.38. The smallest absolute Gasteiger partial charge is 0.169 e. The van der Waals surface area contributed by atoms with Gasteiger partial charge >= 0.3 is 0 Å². The van der Waals surface area contributed by atoms with Crippen LogP contribution in [0.4, 0.5) is 0 Å². The lowest BCUT2D eigenvalue weighted by atomic mass is 10.1. The lowest BCUT2D eigenvalue weighted by Gasteiger charge is -2.14. The van der Waals surface area contributed by atoms with Crippen LogP contribution < -0.4 is 9.47 Å². The Balaban J connectivity index is 2.37. The molecule has 0 spiro atoms. The van der Waals surface area contributed by atoms with Crippen LogP contribution in [0.5, 0.6) is 17.2 Å². The summed E-state index contributed by atoms with van der Waals surface area (Å²) in [5.74, 6) is 2.29. The summed E-state index contributed by atoms with van der Waals surface area (Å²) in [6.45, 7) is 2.10. The molecule has 0 aliphatic heterocycles. The Bertz CT molecular complexity index is 597. The highest BCUT2D eigenvalue weighted by molar-refractivity contribution is 6.32. The molecule has 106 valence electrons. The average Bonchev–Trinajstić information content (AvgIpc) is 2.48. The molecule has 2 nitrogen and oxygen atoms in total. The minimum absolute atomic E-state index is 0.296. The highest BCUT2D eigenvalue weighted by Gasteiger charge is 2.11. The van der Waals surface area contributed by atoms with E-state index in [9.17, 15) is 0 Å². The summed E-state index contributed by atoms with van der Waals surface area (Å²) in [6.07, 6.45) is 0.945. The second-order valence-corrected chi connectivity index (χ2v) is 4.97. The summed E-state index contributed by atoms with van der Waals surface area (Å²) in [5, 5.41) is 0.599. The van der Waals surface area contributed by atoms with Crippen molar-refractivity contribution in [1.82, 2.24) is 0 Å². The summed E-state index contributed by atoms with van der Waals surface area (Å²) in [7, 11) is 1.63. The van der Waals surface area contributed by atoms with Crippen molar-refractivity contribution in [1.29, 1.82) is 0 Å². The van der Waals surface area contributed by atoms with Gasteiger partial charge in [0, 0.05) is 10.6 Å². The maximum Gasteiger partial charge on any atom is 0.169 e. The first-order valence-electron chi connectivity index (χ1n) is 6.37. The van der Waals surface area contributed by atoms with Gasteiger partial charge in [0.05, 0.1) is 13.0 Å². The van der Waals surface area contributed by atoms with Crippen molar-refractivity contribution in [3.63, 3.8) is 0 Å². The van der Waals surface area contributed by atoms with Crippen LogP contribution >= 0.6 is 23.2 Å². The number of methoxy groups -OCH3 is 1. The molecule has 0 aromatic heterocycles. The standard InChI is InChI=1S/C16H16Cl2O2/c1-3-11-7-8-15(16(9-11)19-2)20-14-6-4-5-13(18)12(14)10-17/h4-9H,3,10H2,1-2H3. The molecule has 2 aromatic carbocycles. The minimum atomic E-state index is 0.296. The molecule has 20 heavy (non-hydrogen) atoms. The molecule has 0 aliphatic rings. The zero-order valence-electron chi connectivity index (χ0n) is 11.5. The second-order valence-electron chi connectivity index (χ2n) is 4.29. The van der Waals surface area contributed by atoms with Crippen LogP contribution in [-0.4, -0.2) is 7.11 Å². The number of alkyl halides is 1. The predicted octanol–water partition coefficient (Wildman–Crippen LogP) is 5.44. The molecule has 0 radical (unpaired) electrons. The SMILES string of the molecule is CCc1ccc(Oc2cccc(Cl)c2CCl)c(OC)c1. The minimum Gasteiger partial charge on any atom is -0.493 e. The van der Waals surface area contributed by atoms with Gasteiger partial charge in [0.15, 0.2) is 11.5 Å². The highest BCUT2D eigenvalue weighted by Crippen LogP contribution is 2.36. The maximum atomic E-state index is 6.12. The van der Waals surface area contributed by atoms with Gasteiger partial charge in [-0.3, -0.25) is 0 Å². The van der Waals surface area contributed by atoms with E-state index in [4.69, 9.17) is 32.7 Å². The Morgan fingerprint density at radius 3 is 2.50 bits per heavy atom. The van der Waals surface area contributed by atoms with E-state index in [2.05, 4.69) is 6.92 Å². The fourth-order valence-corrected chi connectivity index (χ4v) is 2.48. The van der Waals surface area contributed by atoms with Crippen molar-refractivity contribution in [2.45, 2.75) is 19.2 Å². The molecular formula is C16H16Cl2O2. The summed E-state index contributed by atoms with van der Waals surface area (Å²) >= 11 is 12.1. The van der Waals surface area contributed by atoms with Crippen molar-refractivity contribution in [2.24, 2.45) is 0 Å². The van der Waals surface area contributed by atoms with E-state index >= 15 is 0 Å². The lowest BCUT2D eigenvalue weighted by Crippen LogP contribution is -1.94. The summed E-state index contributed by atoms with van der Waals surface area (Å²) < 4.78 is 11.3. The Morgan fingerprint density at radius 1 is 1.05 bits per heavy atom. The molecule has 0 amide bonds. The molecule has 0 saturated heterocycles. The first-order chi connectivity index (χ1) is 9.69. The van der Waals surface area contributed by atoms with Crippen LogP contribution in [0, 0.1) is 0 Å². The first kappa shape index (κ1) is 15.0. The quantitative estimate of drug-likeness (QED) is 0.684. The lowest BCUT2D eigenvalue weighted by molar-refractivity contribution is 0.377. The molecule has 0 fully saturated rings. The van der Waals surface area contributed by atoms with Gasteiger partial charge < -0.3 is 9.47 Å². The average molecular weight is 311 g/mol. The van der Waals surface area contributed by atoms with Crippen molar-refractivity contribution >= 4 is 23.2 Å². The summed E-state index contributed by atoms with van der Waals surface area (Å²) in [5.41, 5.74) is 1.97. The summed E-state index contributed by atoms with van der Waals surface area (Å²) in [4.78, 5) is 0. The molecule has 2 aromatic rings. The number of hydrogen-bond donors (Lipinski definition) is 0. The van der Waals surface area contributed by atoms with E-state index in [-0.39, 0.29) is 0 Å². The van der Waals surface area contributed by atoms with E-state index in [1.165, 1.54) is 5.56 Å². The Kier molecular flexibility index (Phi) is 5.16. The molecule has 0 atom stereocenters. The van der Waals surface area contributed by atoms with Gasteiger partial charge in [0.25, 0.3) is 0 Å². The van der Waals surface area contributed by atoms with E-state index in [0.29, 0.717) is 28.2 Å². The van der Waals surface area contributed by atoms with Crippen LogP contribution in [0.3, 0.4) is 0 Å². The van der Waals surface area contributed by atoms with Crippen LogP contribution in [0.25, 0.3) is 0 Å². The van der Waals surface area contributed by atoms with Gasteiger partial charge in [-0.15, -0.1) is 11.6 Å². The van der Waals surface area contributed by atoms with Gasteiger partial charge in [-0.2, -0.15) is 0 Å². The topological polar surface area (TPSA) is 18.5 Å². The van der Waals surface area contributed by atoms with Crippen molar-refractivity contribution in [3.8, 4) is 17.2 Å². The van der Waals surface area contributed by atoms with Gasteiger partial charge in [-0.25, -0.2) is 0 Å². The number of benzene rings is 2. The molecule has 2 rings (SSSR count). The van der Waals surface area contributed by atoms with Crippen molar-refractivity contribution < 1.29 is 9.47 Å². The fourth-order valence-electron chi connectivity index (χ4n) is 1.90. The number of halogens is 2. The van der Waals surface area contributed by atoms with Gasteiger partial charge in [0.2, 0.25) is 0 Å². The first-order valence-corrected chi connectivity index (χ1v) is 7.29. The molecule has 0 N–H and O–H groups in total. The zero-order valence-corrected chi connectivity index (χ0v) is 13.0. The molecule has 0 unspecified atom stereocenters. The van der Waals surface area contributed by atoms with Gasteiger partial charge in [-0.05, 0) is 36.2 Å². The van der Waals surface area contributed by atoms with Crippen molar-refractivity contribution in [2.75, 3.05) is 7.11 Å². The normalized spacial score (nSPS) is 10.4. The van der Waals surface area contributed by atoms with Crippen molar-refractivity contribution in [3.05, 3.63) is 52.5 Å². The van der Waals surface area contributed by atoms with E-state index < -0.39 is 0 Å². The van der Waals surface area contributed by atoms with Crippen LogP contribution in [0.1, 0.15) is 18.1 Å². The number of aryl methyl sites for hydroxylation is 1. The molecule has 0 heterocycles. The Labute approximate surface area is 129 Å². The number of hydrogen-bond acceptors (Lipinski definition) is 2. The van der Waals surface area contributed by atoms with Crippen LogP contribution in [0.2, 0.25) is 5.02 Å². The third-order valence-electron chi connectivity index (χ3n) is 3.07. The summed E-state index contributed by atoms with van der Waals surface area (Å²) in [6, 6.07) is 11.4. The third kappa shape index (κ3) is 3.20. The van der Waals surface area contributed by atoms with Gasteiger partial charge in [0.1, 0.15) is 5.75 Å². The predicted molar refractivity (Wildman–Crippen MR) is 83.5 cm³/mol. The number of rotatable bonds is 5. The third-order valence-corrected chi connectivity index (χ3v) is 3.69. The monoisotopic (exact) mass is 310 g/mol. The van der Waals surface area contributed by atoms with Gasteiger partial charge in [-0.1, -0.05) is 30.7 Å². The fraction of sp³-hybridized carbons (Fsp3) is 0.250.